The highest BCUT2D eigenvalue weighted by molar-refractivity contribution is 14.1. The molecule has 0 heterocycles. The van der Waals surface area contributed by atoms with Gasteiger partial charge in [0.15, 0.2) is 0 Å². The van der Waals surface area contributed by atoms with E-state index in [0.717, 1.165) is 47.7 Å². The Labute approximate surface area is 175 Å². The van der Waals surface area contributed by atoms with E-state index in [1.807, 2.05) is 31.2 Å². The molecule has 4 aliphatic rings. The van der Waals surface area contributed by atoms with Crippen LogP contribution in [0, 0.1) is 35.5 Å². The van der Waals surface area contributed by atoms with Crippen LogP contribution in [0.5, 0.6) is 11.5 Å². The zero-order chi connectivity index (χ0) is 18.8. The maximum Gasteiger partial charge on any atom is 0.324 e. The smallest absolute Gasteiger partial charge is 0.324 e. The molecule has 8 unspecified atom stereocenters. The molecular weight excluding hydrogens is 451 g/mol. The van der Waals surface area contributed by atoms with Gasteiger partial charge in [-0.2, -0.15) is 0 Å². The number of fused-ring (bicyclic) bond motifs is 9. The summed E-state index contributed by atoms with van der Waals surface area (Å²) < 4.78 is 12.0. The quantitative estimate of drug-likeness (QED) is 0.180. The van der Waals surface area contributed by atoms with Crippen molar-refractivity contribution < 1.29 is 14.3 Å². The van der Waals surface area contributed by atoms with Gasteiger partial charge in [-0.1, -0.05) is 29.5 Å². The van der Waals surface area contributed by atoms with Gasteiger partial charge >= 0.3 is 5.97 Å². The first-order chi connectivity index (χ1) is 13.0. The lowest BCUT2D eigenvalue weighted by Gasteiger charge is -2.44. The second-order valence-corrected chi connectivity index (χ2v) is 11.0. The molecule has 0 saturated heterocycles. The number of hydrogen-bond acceptors (Lipinski definition) is 3. The molecule has 4 heteroatoms. The predicted molar refractivity (Wildman–Crippen MR) is 113 cm³/mol. The van der Waals surface area contributed by atoms with Gasteiger partial charge < -0.3 is 9.47 Å². The van der Waals surface area contributed by atoms with Gasteiger partial charge in [-0.05, 0) is 99.3 Å². The predicted octanol–water partition coefficient (Wildman–Crippen LogP) is 5.65. The third kappa shape index (κ3) is 2.92. The standard InChI is InChI=1S/C23H29IO3/c1-3-19(24)22(25)26-16-6-8-17(9-7-16)27-23(2)12-15-11-18(23)21-14-5-4-13(10-14)20(15)21/h6-9,13-15,18-21H,3-5,10-12H2,1-2H3. The lowest BCUT2D eigenvalue weighted by atomic mass is 9.66. The summed E-state index contributed by atoms with van der Waals surface area (Å²) in [6.45, 7) is 4.34. The molecule has 146 valence electrons. The van der Waals surface area contributed by atoms with Gasteiger partial charge in [0.25, 0.3) is 0 Å². The summed E-state index contributed by atoms with van der Waals surface area (Å²) >= 11 is 2.13. The third-order valence-corrected chi connectivity index (χ3v) is 9.46. The first kappa shape index (κ1) is 18.3. The van der Waals surface area contributed by atoms with E-state index in [1.165, 1.54) is 32.1 Å². The Bertz CT molecular complexity index is 732. The molecule has 1 aromatic rings. The lowest BCUT2D eigenvalue weighted by Crippen LogP contribution is -2.46. The van der Waals surface area contributed by atoms with Gasteiger partial charge in [-0.15, -0.1) is 0 Å². The Kier molecular flexibility index (Phi) is 4.49. The number of esters is 1. The molecule has 0 N–H and O–H groups in total. The minimum atomic E-state index is -0.172. The molecule has 4 saturated carbocycles. The molecule has 0 radical (unpaired) electrons. The molecule has 4 bridgehead atoms. The molecule has 3 nitrogen and oxygen atoms in total. The van der Waals surface area contributed by atoms with E-state index in [2.05, 4.69) is 29.5 Å². The zero-order valence-corrected chi connectivity index (χ0v) is 18.4. The van der Waals surface area contributed by atoms with E-state index in [1.54, 1.807) is 0 Å². The van der Waals surface area contributed by atoms with Crippen molar-refractivity contribution in [1.82, 2.24) is 0 Å². The van der Waals surface area contributed by atoms with E-state index < -0.39 is 0 Å². The highest BCUT2D eigenvalue weighted by Gasteiger charge is 2.66. The van der Waals surface area contributed by atoms with Crippen molar-refractivity contribution in [2.45, 2.75) is 61.9 Å². The largest absolute Gasteiger partial charge is 0.487 e. The molecule has 8 atom stereocenters. The number of carbonyl (C=O) groups excluding carboxylic acids is 1. The van der Waals surface area contributed by atoms with Crippen LogP contribution in [0.4, 0.5) is 0 Å². The minimum absolute atomic E-state index is 0.0238. The van der Waals surface area contributed by atoms with Gasteiger partial charge in [-0.25, -0.2) is 0 Å². The van der Waals surface area contributed by atoms with Crippen molar-refractivity contribution in [2.24, 2.45) is 35.5 Å². The number of rotatable bonds is 5. The maximum absolute atomic E-state index is 12.0. The number of halogens is 1. The second-order valence-electron chi connectivity index (χ2n) is 9.48. The average molecular weight is 480 g/mol. The Balaban J connectivity index is 1.27. The van der Waals surface area contributed by atoms with E-state index in [9.17, 15) is 4.79 Å². The topological polar surface area (TPSA) is 35.5 Å². The van der Waals surface area contributed by atoms with E-state index in [4.69, 9.17) is 9.47 Å². The van der Waals surface area contributed by atoms with Crippen molar-refractivity contribution in [3.05, 3.63) is 24.3 Å². The SMILES string of the molecule is CCC(I)C(=O)Oc1ccc(OC2(C)CC3CC2C2C4CCC(C4)C32)cc1. The summed E-state index contributed by atoms with van der Waals surface area (Å²) in [6.07, 6.45) is 7.82. The Morgan fingerprint density at radius 3 is 2.48 bits per heavy atom. The molecule has 4 fully saturated rings. The summed E-state index contributed by atoms with van der Waals surface area (Å²) in [7, 11) is 0. The second kappa shape index (κ2) is 6.64. The van der Waals surface area contributed by atoms with Gasteiger partial charge in [0.2, 0.25) is 0 Å². The van der Waals surface area contributed by atoms with Crippen LogP contribution in [-0.2, 0) is 4.79 Å². The summed E-state index contributed by atoms with van der Waals surface area (Å²) in [5.41, 5.74) is -0.0238. The van der Waals surface area contributed by atoms with E-state index in [-0.39, 0.29) is 15.5 Å². The zero-order valence-electron chi connectivity index (χ0n) is 16.2. The Morgan fingerprint density at radius 1 is 1.11 bits per heavy atom. The molecule has 0 aliphatic heterocycles. The van der Waals surface area contributed by atoms with Gasteiger partial charge in [0.05, 0.1) is 0 Å². The monoisotopic (exact) mass is 480 g/mol. The summed E-state index contributed by atoms with van der Waals surface area (Å²) in [5, 5.41) is 0. The Morgan fingerprint density at radius 2 is 1.78 bits per heavy atom. The van der Waals surface area contributed by atoms with Crippen LogP contribution in [0.25, 0.3) is 0 Å². The summed E-state index contributed by atoms with van der Waals surface area (Å²) in [6, 6.07) is 7.66. The fourth-order valence-electron chi connectivity index (χ4n) is 7.17. The maximum atomic E-state index is 12.0. The van der Waals surface area contributed by atoms with Crippen molar-refractivity contribution in [3.63, 3.8) is 0 Å². The molecule has 5 rings (SSSR count). The van der Waals surface area contributed by atoms with Crippen molar-refractivity contribution in [1.29, 1.82) is 0 Å². The normalized spacial score (nSPS) is 42.2. The first-order valence-corrected chi connectivity index (χ1v) is 11.9. The van der Waals surface area contributed by atoms with E-state index in [0.29, 0.717) is 5.75 Å². The number of alkyl halides is 1. The van der Waals surface area contributed by atoms with Crippen LogP contribution in [0.1, 0.15) is 52.4 Å². The van der Waals surface area contributed by atoms with Crippen molar-refractivity contribution in [2.75, 3.05) is 0 Å². The highest BCUT2D eigenvalue weighted by Crippen LogP contribution is 2.70. The van der Waals surface area contributed by atoms with Crippen LogP contribution in [0.2, 0.25) is 0 Å². The fourth-order valence-corrected chi connectivity index (χ4v) is 7.30. The van der Waals surface area contributed by atoms with Crippen LogP contribution in [0.3, 0.4) is 0 Å². The molecule has 4 aliphatic carbocycles. The van der Waals surface area contributed by atoms with Crippen LogP contribution in [-0.4, -0.2) is 15.5 Å². The minimum Gasteiger partial charge on any atom is -0.487 e. The average Bonchev–Trinajstić information content (AvgIpc) is 3.41. The van der Waals surface area contributed by atoms with Gasteiger partial charge in [0, 0.05) is 5.92 Å². The number of ether oxygens (including phenoxy) is 2. The first-order valence-electron chi connectivity index (χ1n) is 10.6. The lowest BCUT2D eigenvalue weighted by molar-refractivity contribution is -0.133. The fraction of sp³-hybridized carbons (Fsp3) is 0.696. The number of benzene rings is 1. The highest BCUT2D eigenvalue weighted by atomic mass is 127. The number of carbonyl (C=O) groups is 1. The van der Waals surface area contributed by atoms with Crippen LogP contribution >= 0.6 is 22.6 Å². The Hall–Kier alpha value is -0.780. The van der Waals surface area contributed by atoms with Crippen molar-refractivity contribution >= 4 is 28.6 Å². The van der Waals surface area contributed by atoms with Crippen LogP contribution in [0.15, 0.2) is 24.3 Å². The van der Waals surface area contributed by atoms with Crippen molar-refractivity contribution in [3.8, 4) is 11.5 Å². The molecule has 1 aromatic carbocycles. The molecular formula is C23H29IO3. The molecule has 0 aromatic heterocycles. The summed E-state index contributed by atoms with van der Waals surface area (Å²) in [4.78, 5) is 12.0. The summed E-state index contributed by atoms with van der Waals surface area (Å²) in [5.74, 6) is 6.88. The van der Waals surface area contributed by atoms with Crippen LogP contribution < -0.4 is 9.47 Å². The van der Waals surface area contributed by atoms with Gasteiger partial charge in [0.1, 0.15) is 21.0 Å². The van der Waals surface area contributed by atoms with E-state index >= 15 is 0 Å². The number of hydrogen-bond donors (Lipinski definition) is 0. The third-order valence-electron chi connectivity index (χ3n) is 8.07. The molecule has 0 spiro atoms. The molecule has 0 amide bonds. The molecule has 27 heavy (non-hydrogen) atoms. The van der Waals surface area contributed by atoms with Gasteiger partial charge in [-0.3, -0.25) is 4.79 Å².